The molecule has 1 fully saturated rings. The lowest BCUT2D eigenvalue weighted by Crippen LogP contribution is -2.74. The molecular weight excluding hydrogens is 246 g/mol. The van der Waals surface area contributed by atoms with Crippen LogP contribution in [0.3, 0.4) is 0 Å². The van der Waals surface area contributed by atoms with Gasteiger partial charge in [-0.15, -0.1) is 11.8 Å². The van der Waals surface area contributed by atoms with Crippen LogP contribution < -0.4 is 5.32 Å². The number of rotatable bonds is 2. The maximum Gasteiger partial charge on any atom is 0.242 e. The number of aliphatic hydroxyl groups is 1. The van der Waals surface area contributed by atoms with Crippen molar-refractivity contribution in [3.63, 3.8) is 0 Å². The van der Waals surface area contributed by atoms with Gasteiger partial charge in [0.15, 0.2) is 0 Å². The van der Waals surface area contributed by atoms with E-state index in [1.807, 2.05) is 6.92 Å². The Hall–Kier alpha value is -0.740. The van der Waals surface area contributed by atoms with Gasteiger partial charge in [-0.2, -0.15) is 0 Å². The van der Waals surface area contributed by atoms with Crippen molar-refractivity contribution in [3.05, 3.63) is 22.6 Å². The fourth-order valence-electron chi connectivity index (χ4n) is 3.26. The molecule has 0 aromatic carbocycles. The Labute approximate surface area is 112 Å². The van der Waals surface area contributed by atoms with E-state index in [1.165, 1.54) is 10.5 Å². The fraction of sp³-hybridized carbons (Fsp3) is 0.643. The number of hydrogen-bond donors (Lipinski definition) is 2. The Morgan fingerprint density at radius 2 is 2.33 bits per heavy atom. The monoisotopic (exact) mass is 265 g/mol. The minimum Gasteiger partial charge on any atom is -0.390 e. The minimum absolute atomic E-state index is 0.000161. The topological polar surface area (TPSA) is 49.3 Å². The van der Waals surface area contributed by atoms with Crippen molar-refractivity contribution in [2.24, 2.45) is 5.92 Å². The van der Waals surface area contributed by atoms with Crippen LogP contribution in [0.2, 0.25) is 0 Å². The van der Waals surface area contributed by atoms with Gasteiger partial charge in [-0.1, -0.05) is 12.2 Å². The van der Waals surface area contributed by atoms with Gasteiger partial charge in [0.1, 0.15) is 4.75 Å². The Balaban J connectivity index is 1.88. The number of nitrogens with one attached hydrogen (secondary N) is 1. The molecule has 0 saturated carbocycles. The maximum atomic E-state index is 12.1. The van der Waals surface area contributed by atoms with Crippen LogP contribution >= 0.6 is 11.8 Å². The molecule has 3 nitrogen and oxygen atoms in total. The molecule has 0 aromatic rings. The summed E-state index contributed by atoms with van der Waals surface area (Å²) in [6, 6.07) is 0.0281. The van der Waals surface area contributed by atoms with Crippen LogP contribution in [0.5, 0.6) is 0 Å². The molecule has 0 spiro atoms. The average molecular weight is 265 g/mol. The Bertz CT molecular complexity index is 457. The summed E-state index contributed by atoms with van der Waals surface area (Å²) in [6.45, 7) is 4.09. The molecule has 0 unspecified atom stereocenters. The molecule has 4 heteroatoms. The molecule has 0 radical (unpaired) electrons. The summed E-state index contributed by atoms with van der Waals surface area (Å²) in [5, 5.41) is 13.6. The van der Waals surface area contributed by atoms with E-state index in [0.29, 0.717) is 0 Å². The highest BCUT2D eigenvalue weighted by atomic mass is 32.2. The Kier molecular flexibility index (Phi) is 2.83. The molecule has 2 N–H and O–H groups in total. The molecule has 2 aliphatic heterocycles. The van der Waals surface area contributed by atoms with Crippen LogP contribution in [0, 0.1) is 5.92 Å². The van der Waals surface area contributed by atoms with Crippen LogP contribution in [0.1, 0.15) is 33.1 Å². The first kappa shape index (κ1) is 12.3. The second-order valence-electron chi connectivity index (χ2n) is 5.51. The maximum absolute atomic E-state index is 12.1. The van der Waals surface area contributed by atoms with Gasteiger partial charge in [-0.3, -0.25) is 4.79 Å². The first-order valence-electron chi connectivity index (χ1n) is 6.59. The van der Waals surface area contributed by atoms with Crippen LogP contribution in [-0.4, -0.2) is 27.9 Å². The van der Waals surface area contributed by atoms with Gasteiger partial charge in [0, 0.05) is 5.92 Å². The highest BCUT2D eigenvalue weighted by Crippen LogP contribution is 2.54. The normalized spacial score (nSPS) is 40.3. The zero-order valence-corrected chi connectivity index (χ0v) is 11.6. The molecular formula is C14H19NO2S. The summed E-state index contributed by atoms with van der Waals surface area (Å²) < 4.78 is -0.652. The lowest BCUT2D eigenvalue weighted by atomic mass is 9.74. The van der Waals surface area contributed by atoms with Crippen LogP contribution in [0.25, 0.3) is 0 Å². The summed E-state index contributed by atoms with van der Waals surface area (Å²) in [4.78, 5) is 13.2. The van der Waals surface area contributed by atoms with Crippen molar-refractivity contribution in [1.82, 2.24) is 5.32 Å². The van der Waals surface area contributed by atoms with E-state index in [4.69, 9.17) is 0 Å². The van der Waals surface area contributed by atoms with Crippen molar-refractivity contribution >= 4 is 17.7 Å². The van der Waals surface area contributed by atoms with Gasteiger partial charge in [0.25, 0.3) is 0 Å². The van der Waals surface area contributed by atoms with Gasteiger partial charge >= 0.3 is 0 Å². The fourth-order valence-corrected chi connectivity index (χ4v) is 4.85. The quantitative estimate of drug-likeness (QED) is 0.593. The molecule has 98 valence electrons. The first-order valence-corrected chi connectivity index (χ1v) is 7.41. The Morgan fingerprint density at radius 3 is 2.89 bits per heavy atom. The van der Waals surface area contributed by atoms with Gasteiger partial charge in [0.2, 0.25) is 5.91 Å². The number of carbonyl (C=O) groups excluding carboxylic acids is 1. The zero-order valence-electron chi connectivity index (χ0n) is 10.8. The SMILES string of the molecule is CC1=C(C)[C@@H]2NC(=O)[C@]2([C@@H](O)[C@@H]2C=CCCC2)S1. The second kappa shape index (κ2) is 4.14. The molecule has 3 aliphatic rings. The summed E-state index contributed by atoms with van der Waals surface area (Å²) in [6.07, 6.45) is 6.83. The molecule has 4 atom stereocenters. The molecule has 18 heavy (non-hydrogen) atoms. The number of hydrogen-bond acceptors (Lipinski definition) is 3. The third-order valence-corrected chi connectivity index (χ3v) is 6.13. The lowest BCUT2D eigenvalue weighted by Gasteiger charge is -2.49. The number of thioether (sulfide) groups is 1. The van der Waals surface area contributed by atoms with Crippen molar-refractivity contribution in [2.75, 3.05) is 0 Å². The predicted octanol–water partition coefficient (Wildman–Crippen LogP) is 1.98. The molecule has 0 aromatic heterocycles. The number of carbonyl (C=O) groups is 1. The summed E-state index contributed by atoms with van der Waals surface area (Å²) in [5.74, 6) is 0.124. The van der Waals surface area contributed by atoms with Crippen LogP contribution in [0.4, 0.5) is 0 Å². The van der Waals surface area contributed by atoms with E-state index in [-0.39, 0.29) is 17.9 Å². The van der Waals surface area contributed by atoms with Crippen molar-refractivity contribution < 1.29 is 9.90 Å². The number of β-lactam (4-membered cyclic amide) rings is 1. The number of fused-ring (bicyclic) bond motifs is 1. The Morgan fingerprint density at radius 1 is 1.56 bits per heavy atom. The largest absolute Gasteiger partial charge is 0.390 e. The summed E-state index contributed by atoms with van der Waals surface area (Å²) >= 11 is 1.56. The standard InChI is InChI=1S/C14H19NO2S/c1-8-9(2)18-14(11(8)15-13(14)17)12(16)10-6-4-3-5-7-10/h4,6,10-12,16H,3,5,7H2,1-2H3,(H,15,17)/t10-,11+,12+,14+/m1/s1. The van der Waals surface area contributed by atoms with Gasteiger partial charge in [-0.25, -0.2) is 0 Å². The highest BCUT2D eigenvalue weighted by molar-refractivity contribution is 8.05. The highest BCUT2D eigenvalue weighted by Gasteiger charge is 2.65. The molecule has 0 bridgehead atoms. The average Bonchev–Trinajstić information content (AvgIpc) is 2.60. The van der Waals surface area contributed by atoms with Gasteiger partial charge in [-0.05, 0) is 43.6 Å². The number of allylic oxidation sites excluding steroid dienone is 2. The van der Waals surface area contributed by atoms with E-state index in [2.05, 4.69) is 24.4 Å². The van der Waals surface area contributed by atoms with E-state index in [1.54, 1.807) is 11.8 Å². The molecule has 1 saturated heterocycles. The lowest BCUT2D eigenvalue weighted by molar-refractivity contribution is -0.137. The molecule has 1 aliphatic carbocycles. The predicted molar refractivity (Wildman–Crippen MR) is 73.1 cm³/mol. The molecule has 2 heterocycles. The van der Waals surface area contributed by atoms with Gasteiger partial charge < -0.3 is 10.4 Å². The van der Waals surface area contributed by atoms with E-state index in [9.17, 15) is 9.90 Å². The van der Waals surface area contributed by atoms with E-state index < -0.39 is 10.9 Å². The number of amides is 1. The third kappa shape index (κ3) is 1.45. The summed E-state index contributed by atoms with van der Waals surface area (Å²) in [5.41, 5.74) is 1.21. The smallest absolute Gasteiger partial charge is 0.242 e. The minimum atomic E-state index is -0.652. The molecule has 1 amide bonds. The van der Waals surface area contributed by atoms with E-state index >= 15 is 0 Å². The van der Waals surface area contributed by atoms with Crippen molar-refractivity contribution in [1.29, 1.82) is 0 Å². The van der Waals surface area contributed by atoms with Crippen molar-refractivity contribution in [2.45, 2.75) is 50.0 Å². The second-order valence-corrected chi connectivity index (χ2v) is 7.00. The van der Waals surface area contributed by atoms with Crippen molar-refractivity contribution in [3.8, 4) is 0 Å². The van der Waals surface area contributed by atoms with Crippen LogP contribution in [0.15, 0.2) is 22.6 Å². The number of aliphatic hydroxyl groups excluding tert-OH is 1. The van der Waals surface area contributed by atoms with Crippen LogP contribution in [-0.2, 0) is 4.79 Å². The van der Waals surface area contributed by atoms with Gasteiger partial charge in [0.05, 0.1) is 12.1 Å². The summed E-state index contributed by atoms with van der Waals surface area (Å²) in [7, 11) is 0. The first-order chi connectivity index (χ1) is 8.57. The molecule has 3 rings (SSSR count). The zero-order chi connectivity index (χ0) is 12.9. The third-order valence-electron chi connectivity index (χ3n) is 4.51. The van der Waals surface area contributed by atoms with E-state index in [0.717, 1.165) is 19.3 Å².